The second-order valence-corrected chi connectivity index (χ2v) is 7.94. The summed E-state index contributed by atoms with van der Waals surface area (Å²) < 4.78 is 0. The average molecular weight is 376 g/mol. The molecule has 3 N–H and O–H groups in total. The van der Waals surface area contributed by atoms with Crippen LogP contribution in [0.15, 0.2) is 34.3 Å². The number of piperidine rings is 1. The van der Waals surface area contributed by atoms with E-state index in [1.165, 1.54) is 5.56 Å². The number of aliphatic imine (C=N–C) groups is 2. The van der Waals surface area contributed by atoms with Crippen molar-refractivity contribution in [3.05, 3.63) is 34.9 Å². The van der Waals surface area contributed by atoms with Crippen LogP contribution in [0.25, 0.3) is 0 Å². The molecular formula is C19H26ClN5O. The highest BCUT2D eigenvalue weighted by Crippen LogP contribution is 2.29. The van der Waals surface area contributed by atoms with Crippen molar-refractivity contribution < 1.29 is 5.11 Å². The minimum absolute atomic E-state index is 0.228. The fourth-order valence-electron chi connectivity index (χ4n) is 4.38. The van der Waals surface area contributed by atoms with Crippen LogP contribution in [0.4, 0.5) is 0 Å². The molecule has 4 rings (SSSR count). The summed E-state index contributed by atoms with van der Waals surface area (Å²) in [5, 5.41) is 11.0. The molecule has 1 unspecified atom stereocenters. The van der Waals surface area contributed by atoms with Gasteiger partial charge in [0.05, 0.1) is 6.10 Å². The van der Waals surface area contributed by atoms with Crippen LogP contribution < -0.4 is 5.73 Å². The van der Waals surface area contributed by atoms with Crippen molar-refractivity contribution in [2.45, 2.75) is 43.9 Å². The van der Waals surface area contributed by atoms with Gasteiger partial charge in [0.25, 0.3) is 0 Å². The molecule has 3 aliphatic heterocycles. The van der Waals surface area contributed by atoms with Crippen molar-refractivity contribution >= 4 is 23.4 Å². The highest BCUT2D eigenvalue weighted by atomic mass is 35.5. The molecule has 0 bridgehead atoms. The first kappa shape index (κ1) is 17.8. The van der Waals surface area contributed by atoms with Crippen molar-refractivity contribution in [2.75, 3.05) is 26.2 Å². The van der Waals surface area contributed by atoms with E-state index < -0.39 is 0 Å². The third kappa shape index (κ3) is 3.87. The first-order valence-corrected chi connectivity index (χ1v) is 9.77. The molecule has 1 aromatic carbocycles. The summed E-state index contributed by atoms with van der Waals surface area (Å²) in [5.41, 5.74) is 7.02. The van der Waals surface area contributed by atoms with Crippen LogP contribution in [0.1, 0.15) is 24.8 Å². The zero-order valence-electron chi connectivity index (χ0n) is 14.9. The third-order valence-corrected chi connectivity index (χ3v) is 5.91. The van der Waals surface area contributed by atoms with Crippen molar-refractivity contribution in [1.82, 2.24) is 9.80 Å². The first-order chi connectivity index (χ1) is 12.6. The van der Waals surface area contributed by atoms with E-state index in [0.717, 1.165) is 56.3 Å². The van der Waals surface area contributed by atoms with Gasteiger partial charge in [-0.05, 0) is 43.4 Å². The van der Waals surface area contributed by atoms with Gasteiger partial charge in [-0.1, -0.05) is 23.7 Å². The van der Waals surface area contributed by atoms with Crippen molar-refractivity contribution in [2.24, 2.45) is 15.7 Å². The lowest BCUT2D eigenvalue weighted by Gasteiger charge is -2.39. The van der Waals surface area contributed by atoms with Gasteiger partial charge in [-0.2, -0.15) is 4.99 Å². The van der Waals surface area contributed by atoms with Gasteiger partial charge >= 0.3 is 0 Å². The van der Waals surface area contributed by atoms with E-state index in [4.69, 9.17) is 17.3 Å². The predicted octanol–water partition coefficient (Wildman–Crippen LogP) is 1.51. The van der Waals surface area contributed by atoms with Crippen molar-refractivity contribution in [1.29, 1.82) is 0 Å². The molecule has 6 nitrogen and oxygen atoms in total. The summed E-state index contributed by atoms with van der Waals surface area (Å²) in [4.78, 5) is 13.5. The topological polar surface area (TPSA) is 77.5 Å². The fraction of sp³-hybridized carbons (Fsp3) is 0.579. The Morgan fingerprint density at radius 1 is 1.19 bits per heavy atom. The maximum atomic E-state index is 10.3. The highest BCUT2D eigenvalue weighted by molar-refractivity contribution is 6.30. The van der Waals surface area contributed by atoms with E-state index >= 15 is 0 Å². The zero-order chi connectivity index (χ0) is 18.1. The number of nitrogens with zero attached hydrogens (tertiary/aromatic N) is 4. The Hall–Kier alpha value is -1.63. The molecule has 2 atom stereocenters. The maximum absolute atomic E-state index is 10.3. The molecular weight excluding hydrogens is 350 g/mol. The van der Waals surface area contributed by atoms with E-state index in [1.807, 2.05) is 12.1 Å². The number of amidine groups is 1. The van der Waals surface area contributed by atoms with Crippen LogP contribution in [0.5, 0.6) is 0 Å². The molecule has 3 aliphatic rings. The molecule has 26 heavy (non-hydrogen) atoms. The van der Waals surface area contributed by atoms with Crippen molar-refractivity contribution in [3.8, 4) is 0 Å². The maximum Gasteiger partial charge on any atom is 0.222 e. The smallest absolute Gasteiger partial charge is 0.222 e. The molecule has 0 aliphatic carbocycles. The summed E-state index contributed by atoms with van der Waals surface area (Å²) >= 11 is 6.00. The number of halogens is 1. The van der Waals surface area contributed by atoms with E-state index in [-0.39, 0.29) is 6.10 Å². The Labute approximate surface area is 159 Å². The Morgan fingerprint density at radius 2 is 1.92 bits per heavy atom. The molecule has 0 aromatic heterocycles. The fourth-order valence-corrected chi connectivity index (χ4v) is 4.50. The Bertz CT molecular complexity index is 696. The van der Waals surface area contributed by atoms with Crippen LogP contribution >= 0.6 is 11.6 Å². The number of likely N-dealkylation sites (tertiary alicyclic amines) is 2. The number of aliphatic hydroxyl groups excluding tert-OH is 1. The number of aliphatic hydroxyl groups is 1. The lowest BCUT2D eigenvalue weighted by Crippen LogP contribution is -2.48. The molecule has 0 amide bonds. The second-order valence-electron chi connectivity index (χ2n) is 7.51. The zero-order valence-corrected chi connectivity index (χ0v) is 15.6. The summed E-state index contributed by atoms with van der Waals surface area (Å²) in [6.45, 7) is 3.19. The number of β-amino-alcohol motifs (C(OH)–C–C–N with tert-alkyl or cyclic N) is 1. The number of hydrogen-bond acceptors (Lipinski definition) is 6. The Balaban J connectivity index is 1.37. The van der Waals surface area contributed by atoms with E-state index in [0.29, 0.717) is 24.5 Å². The number of guanidine groups is 1. The van der Waals surface area contributed by atoms with Crippen LogP contribution in [0.3, 0.4) is 0 Å². The molecule has 0 saturated carbocycles. The standard InChI is InChI=1S/C19H26ClN5O/c20-14-3-1-13(2-4-14)9-16-10-17(26)12-25(16)15-5-7-24(8-6-15)19-22-11-18(21)23-19/h1-4,15-17,26H,5-12H2,(H2,21,22,23)/t16?,17-/m1/s1. The molecule has 0 radical (unpaired) electrons. The minimum Gasteiger partial charge on any atom is -0.392 e. The first-order valence-electron chi connectivity index (χ1n) is 9.39. The lowest BCUT2D eigenvalue weighted by molar-refractivity contribution is 0.109. The molecule has 3 heterocycles. The van der Waals surface area contributed by atoms with Crippen LogP contribution in [0.2, 0.25) is 5.02 Å². The average Bonchev–Trinajstić information content (AvgIpc) is 3.23. The number of benzene rings is 1. The minimum atomic E-state index is -0.228. The van der Waals surface area contributed by atoms with Gasteiger partial charge in [0, 0.05) is 36.7 Å². The number of hydrogen-bond donors (Lipinski definition) is 2. The van der Waals surface area contributed by atoms with E-state index in [2.05, 4.69) is 31.9 Å². The van der Waals surface area contributed by atoms with Gasteiger partial charge in [0.15, 0.2) is 0 Å². The van der Waals surface area contributed by atoms with Gasteiger partial charge in [-0.25, -0.2) is 4.99 Å². The molecule has 140 valence electrons. The number of rotatable bonds is 3. The van der Waals surface area contributed by atoms with Gasteiger partial charge in [-0.3, -0.25) is 4.90 Å². The quantitative estimate of drug-likeness (QED) is 0.839. The molecule has 7 heteroatoms. The molecule has 2 saturated heterocycles. The number of nitrogens with two attached hydrogens (primary N) is 1. The Morgan fingerprint density at radius 3 is 2.58 bits per heavy atom. The lowest BCUT2D eigenvalue weighted by atomic mass is 9.99. The molecule has 0 spiro atoms. The summed E-state index contributed by atoms with van der Waals surface area (Å²) in [6.07, 6.45) is 3.71. The summed E-state index contributed by atoms with van der Waals surface area (Å²) in [5.74, 6) is 1.40. The van der Waals surface area contributed by atoms with Gasteiger partial charge in [0.1, 0.15) is 12.4 Å². The monoisotopic (exact) mass is 375 g/mol. The van der Waals surface area contributed by atoms with Crippen LogP contribution in [-0.2, 0) is 6.42 Å². The SMILES string of the molecule is NC1=NC(N2CCC(N3C[C@H](O)CC3Cc3ccc(Cl)cc3)CC2)=NC1. The molecule has 2 fully saturated rings. The van der Waals surface area contributed by atoms with Gasteiger partial charge in [0.2, 0.25) is 5.96 Å². The molecule has 1 aromatic rings. The van der Waals surface area contributed by atoms with E-state index in [9.17, 15) is 5.11 Å². The summed E-state index contributed by atoms with van der Waals surface area (Å²) in [6, 6.07) is 8.96. The van der Waals surface area contributed by atoms with Crippen LogP contribution in [0, 0.1) is 0 Å². The Kier molecular flexibility index (Phi) is 5.16. The summed E-state index contributed by atoms with van der Waals surface area (Å²) in [7, 11) is 0. The van der Waals surface area contributed by atoms with Crippen LogP contribution in [-0.4, -0.2) is 71.1 Å². The van der Waals surface area contributed by atoms with Gasteiger partial charge in [-0.15, -0.1) is 0 Å². The highest BCUT2D eigenvalue weighted by Gasteiger charge is 2.37. The predicted molar refractivity (Wildman–Crippen MR) is 105 cm³/mol. The van der Waals surface area contributed by atoms with Gasteiger partial charge < -0.3 is 15.7 Å². The van der Waals surface area contributed by atoms with E-state index in [1.54, 1.807) is 0 Å². The van der Waals surface area contributed by atoms with Crippen molar-refractivity contribution in [3.63, 3.8) is 0 Å². The normalized spacial score (nSPS) is 27.7. The third-order valence-electron chi connectivity index (χ3n) is 5.66. The largest absolute Gasteiger partial charge is 0.392 e. The second kappa shape index (κ2) is 7.55.